The highest BCUT2D eigenvalue weighted by Crippen LogP contribution is 2.31. The largest absolute Gasteiger partial charge is 0.396 e. The van der Waals surface area contributed by atoms with E-state index in [1.165, 1.54) is 18.4 Å². The van der Waals surface area contributed by atoms with E-state index in [4.69, 9.17) is 0 Å². The highest BCUT2D eigenvalue weighted by Gasteiger charge is 2.34. The molecule has 144 valence electrons. The average molecular weight is 360 g/mol. The van der Waals surface area contributed by atoms with Gasteiger partial charge in [-0.15, -0.1) is 0 Å². The third-order valence-electron chi connectivity index (χ3n) is 5.74. The molecule has 1 heterocycles. The molecule has 1 aromatic carbocycles. The summed E-state index contributed by atoms with van der Waals surface area (Å²) in [5.41, 5.74) is 1.91. The lowest BCUT2D eigenvalue weighted by Gasteiger charge is -2.42. The van der Waals surface area contributed by atoms with Crippen LogP contribution in [0.1, 0.15) is 44.2 Å². The summed E-state index contributed by atoms with van der Waals surface area (Å²) in [6.45, 7) is 9.81. The Labute approximate surface area is 157 Å². The van der Waals surface area contributed by atoms with Crippen molar-refractivity contribution in [2.75, 3.05) is 32.8 Å². The van der Waals surface area contributed by atoms with Crippen molar-refractivity contribution >= 4 is 6.03 Å². The summed E-state index contributed by atoms with van der Waals surface area (Å²) in [6.07, 6.45) is 3.40. The van der Waals surface area contributed by atoms with E-state index in [0.29, 0.717) is 6.54 Å². The van der Waals surface area contributed by atoms with Crippen LogP contribution in [0.2, 0.25) is 0 Å². The van der Waals surface area contributed by atoms with Crippen LogP contribution in [0.15, 0.2) is 24.3 Å². The number of nitrogens with one attached hydrogen (secondary N) is 1. The quantitative estimate of drug-likeness (QED) is 0.821. The molecule has 1 atom stereocenters. The fourth-order valence-corrected chi connectivity index (χ4v) is 3.76. The number of hydrogen-bond acceptors (Lipinski definition) is 3. The lowest BCUT2D eigenvalue weighted by molar-refractivity contribution is 0.0682. The summed E-state index contributed by atoms with van der Waals surface area (Å²) in [6, 6.07) is 8.58. The predicted molar refractivity (Wildman–Crippen MR) is 104 cm³/mol. The molecule has 1 saturated carbocycles. The van der Waals surface area contributed by atoms with Crippen molar-refractivity contribution in [3.05, 3.63) is 35.4 Å². The number of nitrogens with zero attached hydrogens (tertiary/aromatic N) is 2. The Balaban J connectivity index is 1.60. The maximum Gasteiger partial charge on any atom is 0.318 e. The minimum absolute atomic E-state index is 0.00964. The summed E-state index contributed by atoms with van der Waals surface area (Å²) < 4.78 is 0. The molecular weight excluding hydrogens is 326 g/mol. The van der Waals surface area contributed by atoms with Crippen LogP contribution in [-0.4, -0.2) is 59.8 Å². The summed E-state index contributed by atoms with van der Waals surface area (Å²) >= 11 is 0. The first-order valence-electron chi connectivity index (χ1n) is 9.88. The lowest BCUT2D eigenvalue weighted by atomic mass is 9.93. The van der Waals surface area contributed by atoms with Gasteiger partial charge in [0, 0.05) is 38.8 Å². The van der Waals surface area contributed by atoms with E-state index in [-0.39, 0.29) is 18.7 Å². The lowest BCUT2D eigenvalue weighted by Crippen LogP contribution is -2.59. The van der Waals surface area contributed by atoms with E-state index >= 15 is 0 Å². The van der Waals surface area contributed by atoms with Crippen LogP contribution in [-0.2, 0) is 5.54 Å². The van der Waals surface area contributed by atoms with Crippen LogP contribution in [0.25, 0.3) is 0 Å². The molecule has 3 rings (SSSR count). The summed E-state index contributed by atoms with van der Waals surface area (Å²) in [5, 5.41) is 12.6. The highest BCUT2D eigenvalue weighted by molar-refractivity contribution is 5.75. The van der Waals surface area contributed by atoms with Gasteiger partial charge in [-0.1, -0.05) is 29.8 Å². The van der Waals surface area contributed by atoms with Crippen molar-refractivity contribution in [2.45, 2.75) is 51.6 Å². The van der Waals surface area contributed by atoms with Gasteiger partial charge in [-0.05, 0) is 51.5 Å². The summed E-state index contributed by atoms with van der Waals surface area (Å²) in [7, 11) is 0. The first kappa shape index (κ1) is 19.2. The standard InChI is InChI=1S/C21H33N3O2/c1-16-4-8-18(9-5-16)21(2,3)22-20(26)24-12-11-23(14-17-6-7-17)19(15-24)10-13-25/h4-5,8-9,17,19,25H,6-7,10-15H2,1-3H3,(H,22,26)/t19-/m1/s1. The fourth-order valence-electron chi connectivity index (χ4n) is 3.76. The van der Waals surface area contributed by atoms with Crippen molar-refractivity contribution in [3.63, 3.8) is 0 Å². The number of amides is 2. The molecule has 0 bridgehead atoms. The molecule has 2 amide bonds. The van der Waals surface area contributed by atoms with Crippen molar-refractivity contribution in [2.24, 2.45) is 5.92 Å². The first-order chi connectivity index (χ1) is 12.4. The molecule has 1 aromatic rings. The molecule has 1 aliphatic heterocycles. The van der Waals surface area contributed by atoms with Crippen molar-refractivity contribution in [3.8, 4) is 0 Å². The number of rotatable bonds is 6. The third-order valence-corrected chi connectivity index (χ3v) is 5.74. The zero-order valence-electron chi connectivity index (χ0n) is 16.4. The third kappa shape index (κ3) is 4.77. The number of aliphatic hydroxyl groups is 1. The van der Waals surface area contributed by atoms with Gasteiger partial charge in [0.1, 0.15) is 0 Å². The Morgan fingerprint density at radius 3 is 2.54 bits per heavy atom. The number of urea groups is 1. The predicted octanol–water partition coefficient (Wildman–Crippen LogP) is 2.72. The van der Waals surface area contributed by atoms with Crippen molar-refractivity contribution in [1.82, 2.24) is 15.1 Å². The summed E-state index contributed by atoms with van der Waals surface area (Å²) in [5.74, 6) is 0.831. The first-order valence-corrected chi connectivity index (χ1v) is 9.88. The molecule has 0 spiro atoms. The molecule has 5 heteroatoms. The van der Waals surface area contributed by atoms with Gasteiger partial charge < -0.3 is 15.3 Å². The van der Waals surface area contributed by atoms with E-state index < -0.39 is 5.54 Å². The smallest absolute Gasteiger partial charge is 0.318 e. The molecular formula is C21H33N3O2. The van der Waals surface area contributed by atoms with Gasteiger partial charge in [0.15, 0.2) is 0 Å². The maximum atomic E-state index is 12.9. The van der Waals surface area contributed by atoms with E-state index in [9.17, 15) is 9.90 Å². The second-order valence-electron chi connectivity index (χ2n) is 8.47. The molecule has 2 fully saturated rings. The Hall–Kier alpha value is -1.59. The average Bonchev–Trinajstić information content (AvgIpc) is 3.40. The van der Waals surface area contributed by atoms with Crippen LogP contribution in [0.3, 0.4) is 0 Å². The molecule has 5 nitrogen and oxygen atoms in total. The van der Waals surface area contributed by atoms with E-state index in [2.05, 4.69) is 41.4 Å². The van der Waals surface area contributed by atoms with Crippen LogP contribution in [0.4, 0.5) is 4.79 Å². The molecule has 1 saturated heterocycles. The Bertz CT molecular complexity index is 610. The Morgan fingerprint density at radius 1 is 1.23 bits per heavy atom. The monoisotopic (exact) mass is 359 g/mol. The van der Waals surface area contributed by atoms with Gasteiger partial charge in [0.05, 0.1) is 5.54 Å². The molecule has 1 aliphatic carbocycles. The van der Waals surface area contributed by atoms with Gasteiger partial charge in [0.2, 0.25) is 0 Å². The molecule has 26 heavy (non-hydrogen) atoms. The molecule has 0 aromatic heterocycles. The number of aliphatic hydroxyl groups excluding tert-OH is 1. The zero-order chi connectivity index (χ0) is 18.7. The van der Waals surface area contributed by atoms with Gasteiger partial charge >= 0.3 is 6.03 Å². The van der Waals surface area contributed by atoms with E-state index in [1.54, 1.807) is 0 Å². The zero-order valence-corrected chi connectivity index (χ0v) is 16.4. The van der Waals surface area contributed by atoms with Crippen LogP contribution >= 0.6 is 0 Å². The minimum atomic E-state index is -0.414. The van der Waals surface area contributed by atoms with Crippen molar-refractivity contribution in [1.29, 1.82) is 0 Å². The summed E-state index contributed by atoms with van der Waals surface area (Å²) in [4.78, 5) is 17.3. The highest BCUT2D eigenvalue weighted by atomic mass is 16.3. The van der Waals surface area contributed by atoms with Gasteiger partial charge in [-0.3, -0.25) is 4.90 Å². The van der Waals surface area contributed by atoms with Crippen molar-refractivity contribution < 1.29 is 9.90 Å². The minimum Gasteiger partial charge on any atom is -0.396 e. The van der Waals surface area contributed by atoms with Crippen LogP contribution in [0.5, 0.6) is 0 Å². The van der Waals surface area contributed by atoms with Gasteiger partial charge in [0.25, 0.3) is 0 Å². The fraction of sp³-hybridized carbons (Fsp3) is 0.667. The number of aryl methyl sites for hydroxylation is 1. The maximum absolute atomic E-state index is 12.9. The molecule has 0 unspecified atom stereocenters. The normalized spacial score (nSPS) is 21.7. The molecule has 2 N–H and O–H groups in total. The Morgan fingerprint density at radius 2 is 1.92 bits per heavy atom. The topological polar surface area (TPSA) is 55.8 Å². The van der Waals surface area contributed by atoms with E-state index in [1.807, 2.05) is 18.7 Å². The second-order valence-corrected chi connectivity index (χ2v) is 8.47. The molecule has 2 aliphatic rings. The Kier molecular flexibility index (Phi) is 5.88. The number of piperazine rings is 1. The van der Waals surface area contributed by atoms with Crippen LogP contribution < -0.4 is 5.32 Å². The second kappa shape index (κ2) is 7.97. The number of benzene rings is 1. The van der Waals surface area contributed by atoms with Gasteiger partial charge in [-0.2, -0.15) is 0 Å². The number of carbonyl (C=O) groups excluding carboxylic acids is 1. The van der Waals surface area contributed by atoms with Gasteiger partial charge in [-0.25, -0.2) is 4.79 Å². The number of carbonyl (C=O) groups is 1. The SMILES string of the molecule is Cc1ccc(C(C)(C)NC(=O)N2CCN(CC3CC3)[C@H](CCO)C2)cc1. The van der Waals surface area contributed by atoms with E-state index in [0.717, 1.165) is 37.5 Å². The molecule has 0 radical (unpaired) electrons. The number of hydrogen-bond donors (Lipinski definition) is 2. The van der Waals surface area contributed by atoms with Crippen LogP contribution in [0, 0.1) is 12.8 Å².